The van der Waals surface area contributed by atoms with E-state index in [2.05, 4.69) is 5.32 Å². The van der Waals surface area contributed by atoms with E-state index in [0.29, 0.717) is 18.8 Å². The van der Waals surface area contributed by atoms with Crippen LogP contribution in [0.4, 0.5) is 17.1 Å². The predicted octanol–water partition coefficient (Wildman–Crippen LogP) is 2.24. The van der Waals surface area contributed by atoms with Gasteiger partial charge >= 0.3 is 5.97 Å². The second-order valence-corrected chi connectivity index (χ2v) is 9.71. The number of hydrogen-bond acceptors (Lipinski definition) is 8. The molecule has 0 spiro atoms. The number of carbonyl (C=O) groups excluding carboxylic acids is 2. The molecule has 1 aliphatic rings. The Labute approximate surface area is 191 Å². The molecule has 0 saturated carbocycles. The minimum Gasteiger partial charge on any atom is -0.452 e. The lowest BCUT2D eigenvalue weighted by atomic mass is 10.1. The van der Waals surface area contributed by atoms with Crippen LogP contribution in [0, 0.1) is 10.1 Å². The highest BCUT2D eigenvalue weighted by atomic mass is 32.2. The predicted molar refractivity (Wildman–Crippen MR) is 121 cm³/mol. The van der Waals surface area contributed by atoms with Gasteiger partial charge in [0.2, 0.25) is 10.0 Å². The first-order valence-electron chi connectivity index (χ1n) is 10.1. The molecule has 1 amide bonds. The summed E-state index contributed by atoms with van der Waals surface area (Å²) in [6, 6.07) is 9.81. The number of nitrogens with one attached hydrogen (secondary N) is 1. The lowest BCUT2D eigenvalue weighted by Crippen LogP contribution is -2.26. The van der Waals surface area contributed by atoms with Crippen LogP contribution in [0.1, 0.15) is 23.2 Å². The molecule has 1 saturated heterocycles. The van der Waals surface area contributed by atoms with Crippen molar-refractivity contribution < 1.29 is 27.7 Å². The number of ether oxygens (including phenoxy) is 1. The van der Waals surface area contributed by atoms with E-state index in [1.165, 1.54) is 50.5 Å². The third-order valence-corrected chi connectivity index (χ3v) is 6.93. The van der Waals surface area contributed by atoms with E-state index in [9.17, 15) is 28.1 Å². The SMILES string of the molecule is CN(C)S(=O)(=O)c1ccc(N2CCCC2)c(C(=O)OCC(=O)Nc2ccccc2[N+](=O)[O-])c1. The van der Waals surface area contributed by atoms with Gasteiger partial charge in [0.05, 0.1) is 21.1 Å². The highest BCUT2D eigenvalue weighted by Gasteiger charge is 2.26. The summed E-state index contributed by atoms with van der Waals surface area (Å²) in [5, 5.41) is 13.4. The average Bonchev–Trinajstić information content (AvgIpc) is 3.32. The molecule has 33 heavy (non-hydrogen) atoms. The van der Waals surface area contributed by atoms with E-state index in [-0.39, 0.29) is 21.8 Å². The van der Waals surface area contributed by atoms with Crippen molar-refractivity contribution in [2.75, 3.05) is 44.0 Å². The molecule has 1 aliphatic heterocycles. The van der Waals surface area contributed by atoms with Crippen molar-refractivity contribution in [3.05, 3.63) is 58.1 Å². The maximum Gasteiger partial charge on any atom is 0.340 e. The fraction of sp³-hybridized carbons (Fsp3) is 0.333. The molecule has 0 aromatic heterocycles. The van der Waals surface area contributed by atoms with E-state index < -0.39 is 33.4 Å². The van der Waals surface area contributed by atoms with Gasteiger partial charge in [-0.1, -0.05) is 12.1 Å². The molecule has 12 heteroatoms. The molecule has 1 fully saturated rings. The summed E-state index contributed by atoms with van der Waals surface area (Å²) >= 11 is 0. The number of esters is 1. The highest BCUT2D eigenvalue weighted by molar-refractivity contribution is 7.89. The number of nitrogens with zero attached hydrogens (tertiary/aromatic N) is 3. The maximum absolute atomic E-state index is 12.9. The number of amides is 1. The highest BCUT2D eigenvalue weighted by Crippen LogP contribution is 2.29. The molecule has 1 N–H and O–H groups in total. The molecular formula is C21H24N4O7S. The van der Waals surface area contributed by atoms with Gasteiger partial charge < -0.3 is 15.0 Å². The van der Waals surface area contributed by atoms with Crippen molar-refractivity contribution in [2.45, 2.75) is 17.7 Å². The molecule has 11 nitrogen and oxygen atoms in total. The summed E-state index contributed by atoms with van der Waals surface area (Å²) in [7, 11) is -1.03. The number of anilines is 2. The summed E-state index contributed by atoms with van der Waals surface area (Å²) in [5.41, 5.74) is 0.225. The number of sulfonamides is 1. The van der Waals surface area contributed by atoms with Crippen molar-refractivity contribution >= 4 is 39.0 Å². The van der Waals surface area contributed by atoms with Gasteiger partial charge in [0, 0.05) is 33.3 Å². The quantitative estimate of drug-likeness (QED) is 0.348. The summed E-state index contributed by atoms with van der Waals surface area (Å²) < 4.78 is 31.2. The number of rotatable bonds is 8. The van der Waals surface area contributed by atoms with Crippen molar-refractivity contribution in [1.29, 1.82) is 0 Å². The van der Waals surface area contributed by atoms with Crippen molar-refractivity contribution in [2.24, 2.45) is 0 Å². The summed E-state index contributed by atoms with van der Waals surface area (Å²) in [6.45, 7) is 0.714. The first-order valence-corrected chi connectivity index (χ1v) is 11.6. The maximum atomic E-state index is 12.9. The molecule has 0 aliphatic carbocycles. The molecule has 1 heterocycles. The zero-order valence-corrected chi connectivity index (χ0v) is 19.0. The standard InChI is InChI=1S/C21H24N4O7S/c1-23(2)33(30,31)15-9-10-18(24-11-5-6-12-24)16(13-15)21(27)32-14-20(26)22-17-7-3-4-8-19(17)25(28)29/h3-4,7-10,13H,5-6,11-12,14H2,1-2H3,(H,22,26). The van der Waals surface area contributed by atoms with Crippen molar-refractivity contribution in [1.82, 2.24) is 4.31 Å². The smallest absolute Gasteiger partial charge is 0.340 e. The normalized spacial score (nSPS) is 13.7. The monoisotopic (exact) mass is 476 g/mol. The Morgan fingerprint density at radius 2 is 1.82 bits per heavy atom. The fourth-order valence-electron chi connectivity index (χ4n) is 3.42. The van der Waals surface area contributed by atoms with E-state index in [1.807, 2.05) is 4.90 Å². The molecule has 2 aromatic rings. The molecule has 2 aromatic carbocycles. The van der Waals surface area contributed by atoms with Crippen LogP contribution < -0.4 is 10.2 Å². The number of benzene rings is 2. The van der Waals surface area contributed by atoms with Crippen LogP contribution in [-0.4, -0.2) is 63.3 Å². The van der Waals surface area contributed by atoms with Gasteiger partial charge in [-0.05, 0) is 37.1 Å². The first kappa shape index (κ1) is 24.1. The van der Waals surface area contributed by atoms with Crippen LogP contribution in [0.25, 0.3) is 0 Å². The van der Waals surface area contributed by atoms with Crippen LogP contribution in [0.5, 0.6) is 0 Å². The largest absolute Gasteiger partial charge is 0.452 e. The van der Waals surface area contributed by atoms with Gasteiger partial charge in [0.15, 0.2) is 6.61 Å². The summed E-state index contributed by atoms with van der Waals surface area (Å²) in [5.74, 6) is -1.64. The minimum absolute atomic E-state index is 0.0262. The van der Waals surface area contributed by atoms with Gasteiger partial charge in [0.1, 0.15) is 5.69 Å². The van der Waals surface area contributed by atoms with Gasteiger partial charge in [-0.2, -0.15) is 0 Å². The lowest BCUT2D eigenvalue weighted by Gasteiger charge is -2.22. The molecular weight excluding hydrogens is 452 g/mol. The van der Waals surface area contributed by atoms with E-state index >= 15 is 0 Å². The van der Waals surface area contributed by atoms with Gasteiger partial charge in [-0.25, -0.2) is 17.5 Å². The third-order valence-electron chi connectivity index (χ3n) is 5.12. The Kier molecular flexibility index (Phi) is 7.29. The molecule has 3 rings (SSSR count). The first-order chi connectivity index (χ1) is 15.6. The Bertz CT molecular complexity index is 1170. The average molecular weight is 477 g/mol. The molecule has 0 atom stereocenters. The van der Waals surface area contributed by atoms with Crippen LogP contribution >= 0.6 is 0 Å². The number of para-hydroxylation sites is 2. The van der Waals surface area contributed by atoms with E-state index in [1.54, 1.807) is 6.07 Å². The number of carbonyl (C=O) groups is 2. The Morgan fingerprint density at radius 3 is 2.45 bits per heavy atom. The number of nitro benzene ring substituents is 1. The van der Waals surface area contributed by atoms with Crippen molar-refractivity contribution in [3.63, 3.8) is 0 Å². The zero-order chi connectivity index (χ0) is 24.2. The van der Waals surface area contributed by atoms with Gasteiger partial charge in [0.25, 0.3) is 11.6 Å². The van der Waals surface area contributed by atoms with Crippen LogP contribution in [0.3, 0.4) is 0 Å². The van der Waals surface area contributed by atoms with Gasteiger partial charge in [-0.3, -0.25) is 14.9 Å². The van der Waals surface area contributed by atoms with E-state index in [4.69, 9.17) is 4.74 Å². The molecule has 0 bridgehead atoms. The van der Waals surface area contributed by atoms with Crippen LogP contribution in [0.15, 0.2) is 47.4 Å². The van der Waals surface area contributed by atoms with Crippen molar-refractivity contribution in [3.8, 4) is 0 Å². The lowest BCUT2D eigenvalue weighted by molar-refractivity contribution is -0.383. The van der Waals surface area contributed by atoms with Crippen LogP contribution in [-0.2, 0) is 19.6 Å². The zero-order valence-electron chi connectivity index (χ0n) is 18.2. The van der Waals surface area contributed by atoms with E-state index in [0.717, 1.165) is 17.1 Å². The fourth-order valence-corrected chi connectivity index (χ4v) is 4.35. The summed E-state index contributed by atoms with van der Waals surface area (Å²) in [6.07, 6.45) is 1.87. The minimum atomic E-state index is -3.79. The topological polar surface area (TPSA) is 139 Å². The number of nitro groups is 1. The summed E-state index contributed by atoms with van der Waals surface area (Å²) in [4.78, 5) is 37.4. The Morgan fingerprint density at radius 1 is 1.15 bits per heavy atom. The third kappa shape index (κ3) is 5.46. The number of hydrogen-bond donors (Lipinski definition) is 1. The molecule has 176 valence electrons. The van der Waals surface area contributed by atoms with Gasteiger partial charge in [-0.15, -0.1) is 0 Å². The Hall–Kier alpha value is -3.51. The Balaban J connectivity index is 1.80. The molecule has 0 unspecified atom stereocenters. The molecule has 0 radical (unpaired) electrons. The van der Waals surface area contributed by atoms with Crippen LogP contribution in [0.2, 0.25) is 0 Å². The second kappa shape index (κ2) is 9.96. The second-order valence-electron chi connectivity index (χ2n) is 7.56.